The van der Waals surface area contributed by atoms with Crippen molar-refractivity contribution in [2.24, 2.45) is 0 Å². The molecule has 0 bridgehead atoms. The first-order chi connectivity index (χ1) is 5.56. The number of hydrogen-bond acceptors (Lipinski definition) is 2. The molecule has 0 aromatic rings. The fourth-order valence-electron chi connectivity index (χ4n) is 0.814. The molecule has 72 valence electrons. The predicted molar refractivity (Wildman–Crippen MR) is 47.6 cm³/mol. The largest absolute Gasteiger partial charge is 0.395 e. The van der Waals surface area contributed by atoms with Gasteiger partial charge < -0.3 is 5.11 Å². The zero-order valence-corrected chi connectivity index (χ0v) is 8.23. The fraction of sp³-hybridized carbons (Fsp3) is 0.714. The molecule has 0 aliphatic rings. The zero-order valence-electron chi connectivity index (χ0n) is 6.64. The third-order valence-electron chi connectivity index (χ3n) is 1.21. The number of hydrogen-bond donors (Lipinski definition) is 1. The highest BCUT2D eigenvalue weighted by molar-refractivity contribution is 9.11. The minimum atomic E-state index is -2.37. The van der Waals surface area contributed by atoms with E-state index in [2.05, 4.69) is 22.5 Å². The van der Waals surface area contributed by atoms with Gasteiger partial charge in [-0.3, -0.25) is 4.90 Å². The Hall–Kier alpha value is -0.0000000000000000555. The van der Waals surface area contributed by atoms with Gasteiger partial charge in [-0.1, -0.05) is 22.5 Å². The molecule has 0 heterocycles. The van der Waals surface area contributed by atoms with Crippen molar-refractivity contribution in [3.63, 3.8) is 0 Å². The van der Waals surface area contributed by atoms with Gasteiger partial charge in [-0.15, -0.1) is 0 Å². The summed E-state index contributed by atoms with van der Waals surface area (Å²) in [6, 6.07) is 0. The van der Waals surface area contributed by atoms with Gasteiger partial charge in [0.15, 0.2) is 0 Å². The molecule has 0 rings (SSSR count). The van der Waals surface area contributed by atoms with Crippen LogP contribution in [-0.2, 0) is 0 Å². The van der Waals surface area contributed by atoms with E-state index in [0.29, 0.717) is 11.0 Å². The Kier molecular flexibility index (Phi) is 6.51. The van der Waals surface area contributed by atoms with Crippen molar-refractivity contribution in [3.05, 3.63) is 11.1 Å². The lowest BCUT2D eigenvalue weighted by Crippen LogP contribution is -2.32. The van der Waals surface area contributed by atoms with Crippen molar-refractivity contribution >= 4 is 15.9 Å². The molecule has 0 aliphatic heterocycles. The lowest BCUT2D eigenvalue weighted by atomic mass is 10.4. The van der Waals surface area contributed by atoms with Crippen LogP contribution in [0.15, 0.2) is 11.1 Å². The second kappa shape index (κ2) is 6.51. The van der Waals surface area contributed by atoms with Crippen LogP contribution in [0.4, 0.5) is 8.78 Å². The van der Waals surface area contributed by atoms with Crippen molar-refractivity contribution in [3.8, 4) is 0 Å². The van der Waals surface area contributed by atoms with E-state index in [4.69, 9.17) is 5.11 Å². The van der Waals surface area contributed by atoms with E-state index in [0.717, 1.165) is 0 Å². The molecule has 0 unspecified atom stereocenters. The van der Waals surface area contributed by atoms with E-state index in [1.54, 1.807) is 0 Å². The van der Waals surface area contributed by atoms with Crippen molar-refractivity contribution in [2.75, 3.05) is 26.2 Å². The normalized spacial score (nSPS) is 11.2. The van der Waals surface area contributed by atoms with Crippen LogP contribution in [0.1, 0.15) is 0 Å². The van der Waals surface area contributed by atoms with Gasteiger partial charge >= 0.3 is 0 Å². The Morgan fingerprint density at radius 1 is 1.58 bits per heavy atom. The van der Waals surface area contributed by atoms with Crippen LogP contribution < -0.4 is 0 Å². The molecule has 0 saturated heterocycles. The van der Waals surface area contributed by atoms with E-state index < -0.39 is 6.43 Å². The molecule has 12 heavy (non-hydrogen) atoms. The average molecular weight is 244 g/mol. The van der Waals surface area contributed by atoms with E-state index in [9.17, 15) is 8.78 Å². The highest BCUT2D eigenvalue weighted by atomic mass is 79.9. The number of halogens is 3. The molecule has 0 spiro atoms. The Bertz CT molecular complexity index is 143. The standard InChI is InChI=1S/C7H12BrF2NO/c1-6(8)4-11(2-3-12)5-7(9)10/h7,12H,1-5H2. The topological polar surface area (TPSA) is 23.5 Å². The van der Waals surface area contributed by atoms with Gasteiger partial charge in [0.25, 0.3) is 6.43 Å². The first kappa shape index (κ1) is 12.0. The number of rotatable bonds is 6. The summed E-state index contributed by atoms with van der Waals surface area (Å²) in [5.41, 5.74) is 0. The highest BCUT2D eigenvalue weighted by Gasteiger charge is 2.11. The second-order valence-corrected chi connectivity index (χ2v) is 3.49. The molecule has 0 aliphatic carbocycles. The van der Waals surface area contributed by atoms with Gasteiger partial charge in [-0.2, -0.15) is 0 Å². The number of aliphatic hydroxyl groups is 1. The SMILES string of the molecule is C=C(Br)CN(CCO)CC(F)F. The summed E-state index contributed by atoms with van der Waals surface area (Å²) in [5.74, 6) is 0. The van der Waals surface area contributed by atoms with Crippen LogP contribution in [0.25, 0.3) is 0 Å². The Morgan fingerprint density at radius 2 is 2.17 bits per heavy atom. The zero-order chi connectivity index (χ0) is 9.56. The summed E-state index contributed by atoms with van der Waals surface area (Å²) in [5, 5.41) is 8.53. The maximum absolute atomic E-state index is 11.9. The van der Waals surface area contributed by atoms with Crippen molar-refractivity contribution in [1.82, 2.24) is 4.90 Å². The van der Waals surface area contributed by atoms with Crippen LogP contribution in [0, 0.1) is 0 Å². The van der Waals surface area contributed by atoms with Crippen LogP contribution in [0.2, 0.25) is 0 Å². The molecule has 2 nitrogen and oxygen atoms in total. The van der Waals surface area contributed by atoms with Gasteiger partial charge in [0.05, 0.1) is 13.2 Å². The van der Waals surface area contributed by atoms with Crippen LogP contribution in [0.5, 0.6) is 0 Å². The van der Waals surface area contributed by atoms with Crippen LogP contribution in [0.3, 0.4) is 0 Å². The van der Waals surface area contributed by atoms with E-state index in [1.165, 1.54) is 4.90 Å². The molecule has 0 amide bonds. The summed E-state index contributed by atoms with van der Waals surface area (Å²) in [6.07, 6.45) is -2.37. The van der Waals surface area contributed by atoms with Gasteiger partial charge in [0.2, 0.25) is 0 Å². The molecule has 0 aromatic carbocycles. The molecule has 0 fully saturated rings. The Morgan fingerprint density at radius 3 is 2.50 bits per heavy atom. The maximum atomic E-state index is 11.9. The maximum Gasteiger partial charge on any atom is 0.251 e. The van der Waals surface area contributed by atoms with E-state index >= 15 is 0 Å². The van der Waals surface area contributed by atoms with E-state index in [1.807, 2.05) is 0 Å². The van der Waals surface area contributed by atoms with Crippen LogP contribution >= 0.6 is 15.9 Å². The van der Waals surface area contributed by atoms with Gasteiger partial charge in [0, 0.05) is 17.6 Å². The third-order valence-corrected chi connectivity index (χ3v) is 1.46. The first-order valence-electron chi connectivity index (χ1n) is 3.51. The van der Waals surface area contributed by atoms with Gasteiger partial charge in [0.1, 0.15) is 0 Å². The Labute approximate surface area is 79.0 Å². The van der Waals surface area contributed by atoms with Crippen LogP contribution in [-0.4, -0.2) is 42.7 Å². The van der Waals surface area contributed by atoms with Gasteiger partial charge in [-0.25, -0.2) is 8.78 Å². The van der Waals surface area contributed by atoms with Gasteiger partial charge in [-0.05, 0) is 0 Å². The van der Waals surface area contributed by atoms with E-state index in [-0.39, 0.29) is 19.7 Å². The highest BCUT2D eigenvalue weighted by Crippen LogP contribution is 2.06. The monoisotopic (exact) mass is 243 g/mol. The summed E-state index contributed by atoms with van der Waals surface area (Å²) >= 11 is 3.07. The minimum absolute atomic E-state index is 0.118. The predicted octanol–water partition coefficient (Wildman–Crippen LogP) is 1.45. The van der Waals surface area contributed by atoms with Crippen molar-refractivity contribution in [1.29, 1.82) is 0 Å². The van der Waals surface area contributed by atoms with Crippen molar-refractivity contribution < 1.29 is 13.9 Å². The summed E-state index contributed by atoms with van der Waals surface area (Å²) < 4.78 is 24.4. The number of aliphatic hydroxyl groups excluding tert-OH is 1. The lowest BCUT2D eigenvalue weighted by Gasteiger charge is -2.19. The molecule has 1 N–H and O–H groups in total. The van der Waals surface area contributed by atoms with Crippen molar-refractivity contribution in [2.45, 2.75) is 6.43 Å². The number of alkyl halides is 2. The summed E-state index contributed by atoms with van der Waals surface area (Å²) in [6.45, 7) is 3.67. The minimum Gasteiger partial charge on any atom is -0.395 e. The summed E-state index contributed by atoms with van der Waals surface area (Å²) in [4.78, 5) is 1.43. The molecule has 0 atom stereocenters. The molecular weight excluding hydrogens is 232 g/mol. The lowest BCUT2D eigenvalue weighted by molar-refractivity contribution is 0.0841. The average Bonchev–Trinajstić information content (AvgIpc) is 1.84. The molecule has 0 saturated carbocycles. The molecule has 0 radical (unpaired) electrons. The number of nitrogens with zero attached hydrogens (tertiary/aromatic N) is 1. The first-order valence-corrected chi connectivity index (χ1v) is 4.30. The Balaban J connectivity index is 3.77. The molecular formula is C7H12BrF2NO. The smallest absolute Gasteiger partial charge is 0.251 e. The molecule has 0 aromatic heterocycles. The quantitative estimate of drug-likeness (QED) is 0.764. The molecule has 5 heteroatoms. The third kappa shape index (κ3) is 6.69. The fourth-order valence-corrected chi connectivity index (χ4v) is 1.17. The second-order valence-electron chi connectivity index (χ2n) is 2.37. The summed E-state index contributed by atoms with van der Waals surface area (Å²) in [7, 11) is 0.